The molecule has 3 N–H and O–H groups in total. The maximum absolute atomic E-state index is 13.7. The summed E-state index contributed by atoms with van der Waals surface area (Å²) in [7, 11) is 0. The Morgan fingerprint density at radius 2 is 1.40 bits per heavy atom. The Balaban J connectivity index is 0.952. The van der Waals surface area contributed by atoms with Gasteiger partial charge in [-0.2, -0.15) is 0 Å². The molecule has 7 rings (SSSR count). The Hall–Kier alpha value is -5.89. The summed E-state index contributed by atoms with van der Waals surface area (Å²) in [5, 5.41) is 9.73. The van der Waals surface area contributed by atoms with Gasteiger partial charge in [-0.1, -0.05) is 12.1 Å². The topological polar surface area (TPSA) is 132 Å². The van der Waals surface area contributed by atoms with E-state index in [2.05, 4.69) is 75.5 Å². The third kappa shape index (κ3) is 8.70. The van der Waals surface area contributed by atoms with Gasteiger partial charge < -0.3 is 45.0 Å². The Bertz CT molecular complexity index is 2160. The van der Waals surface area contributed by atoms with Crippen molar-refractivity contribution in [3.63, 3.8) is 0 Å². The van der Waals surface area contributed by atoms with Crippen molar-refractivity contribution in [3.05, 3.63) is 106 Å². The second-order valence-electron chi connectivity index (χ2n) is 15.3. The minimum Gasteiger partial charge on any atom is -0.456 e. The van der Waals surface area contributed by atoms with Crippen molar-refractivity contribution in [2.24, 2.45) is 0 Å². The lowest BCUT2D eigenvalue weighted by molar-refractivity contribution is -0.133. The number of esters is 1. The van der Waals surface area contributed by atoms with E-state index in [-0.39, 0.29) is 30.6 Å². The molecule has 316 valence electrons. The molecule has 1 saturated heterocycles. The smallest absolute Gasteiger partial charge is 0.340 e. The molecule has 3 aliphatic rings. The van der Waals surface area contributed by atoms with Crippen molar-refractivity contribution in [1.82, 2.24) is 25.8 Å². The number of fused-ring (bicyclic) bond motifs is 6. The highest BCUT2D eigenvalue weighted by Crippen LogP contribution is 2.57. The second kappa shape index (κ2) is 18.6. The van der Waals surface area contributed by atoms with Gasteiger partial charge in [0.1, 0.15) is 17.3 Å². The highest BCUT2D eigenvalue weighted by atomic mass is 32.1. The van der Waals surface area contributed by atoms with Crippen LogP contribution in [0.2, 0.25) is 0 Å². The number of amides is 2. The number of rotatable bonds is 15. The van der Waals surface area contributed by atoms with Crippen molar-refractivity contribution in [2.45, 2.75) is 59.6 Å². The third-order valence-electron chi connectivity index (χ3n) is 11.7. The van der Waals surface area contributed by atoms with E-state index in [0.717, 1.165) is 71.2 Å². The Labute approximate surface area is 358 Å². The van der Waals surface area contributed by atoms with Crippen LogP contribution in [0.3, 0.4) is 0 Å². The van der Waals surface area contributed by atoms with Crippen LogP contribution >= 0.6 is 12.2 Å². The largest absolute Gasteiger partial charge is 0.456 e. The second-order valence-corrected chi connectivity index (χ2v) is 15.7. The molecule has 1 fully saturated rings. The number of carbonyl (C=O) groups is 3. The molecule has 0 unspecified atom stereocenters. The van der Waals surface area contributed by atoms with E-state index >= 15 is 0 Å². The van der Waals surface area contributed by atoms with Crippen molar-refractivity contribution in [3.8, 4) is 11.5 Å². The fraction of sp³-hybridized carbons (Fsp3) is 0.413. The number of hydrogen-bond acceptors (Lipinski definition) is 10. The van der Waals surface area contributed by atoms with E-state index < -0.39 is 5.60 Å². The van der Waals surface area contributed by atoms with Gasteiger partial charge in [0, 0.05) is 131 Å². The first-order valence-corrected chi connectivity index (χ1v) is 21.6. The Kier molecular flexibility index (Phi) is 13.1. The number of aromatic nitrogens is 1. The fourth-order valence-electron chi connectivity index (χ4n) is 8.35. The highest BCUT2D eigenvalue weighted by molar-refractivity contribution is 7.80. The van der Waals surface area contributed by atoms with E-state index in [4.69, 9.17) is 21.7 Å². The molecule has 2 amide bonds. The highest BCUT2D eigenvalue weighted by Gasteiger charge is 2.53. The normalized spacial score (nSPS) is 14.7. The molecule has 14 heteroatoms. The summed E-state index contributed by atoms with van der Waals surface area (Å²) in [6, 6.07) is 22.1. The van der Waals surface area contributed by atoms with Crippen molar-refractivity contribution >= 4 is 52.3 Å². The lowest BCUT2D eigenvalue weighted by Gasteiger charge is -2.38. The maximum atomic E-state index is 13.7. The summed E-state index contributed by atoms with van der Waals surface area (Å²) in [6.07, 6.45) is 2.15. The van der Waals surface area contributed by atoms with Crippen molar-refractivity contribution < 1.29 is 23.9 Å². The van der Waals surface area contributed by atoms with Gasteiger partial charge >= 0.3 is 5.97 Å². The molecule has 0 atom stereocenters. The molecule has 3 aromatic carbocycles. The van der Waals surface area contributed by atoms with Gasteiger partial charge in [-0.3, -0.25) is 9.59 Å². The summed E-state index contributed by atoms with van der Waals surface area (Å²) in [5.41, 5.74) is 5.71. The number of pyridine rings is 1. The first kappa shape index (κ1) is 42.2. The molecule has 0 bridgehead atoms. The molecule has 0 radical (unpaired) electrons. The van der Waals surface area contributed by atoms with Gasteiger partial charge in [0.15, 0.2) is 10.7 Å². The first-order chi connectivity index (χ1) is 29.1. The maximum Gasteiger partial charge on any atom is 0.340 e. The van der Waals surface area contributed by atoms with Gasteiger partial charge in [-0.25, -0.2) is 9.78 Å². The summed E-state index contributed by atoms with van der Waals surface area (Å²) in [5.74, 6) is 1.65. The molecule has 60 heavy (non-hydrogen) atoms. The minimum absolute atomic E-state index is 0.0161. The van der Waals surface area contributed by atoms with E-state index in [0.29, 0.717) is 68.0 Å². The molecule has 0 saturated carbocycles. The van der Waals surface area contributed by atoms with Crippen LogP contribution in [0.15, 0.2) is 72.9 Å². The molecule has 4 heterocycles. The Morgan fingerprint density at radius 3 is 2.00 bits per heavy atom. The van der Waals surface area contributed by atoms with Gasteiger partial charge in [0.25, 0.3) is 0 Å². The van der Waals surface area contributed by atoms with Crippen LogP contribution in [-0.2, 0) is 26.5 Å². The molecule has 1 spiro atoms. The molecule has 0 aliphatic carbocycles. The molecular weight excluding hydrogens is 777 g/mol. The Morgan fingerprint density at radius 1 is 0.767 bits per heavy atom. The van der Waals surface area contributed by atoms with Gasteiger partial charge in [0.2, 0.25) is 11.8 Å². The van der Waals surface area contributed by atoms with Crippen LogP contribution in [0.4, 0.5) is 17.2 Å². The molecular formula is C46H56N8O5S. The van der Waals surface area contributed by atoms with Crippen LogP contribution in [0.1, 0.15) is 78.7 Å². The minimum atomic E-state index is -1.20. The SMILES string of the molecule is CCN(CC)c1ccc2c(c1)Oc1cc(N(CC)CC)ccc1C21OC(=O)c2ccc(CNC(=S)NCCNC(=O)CCC(=O)N3CCN(c4ccc(C)cn4)CC3)cc21. The predicted octanol–water partition coefficient (Wildman–Crippen LogP) is 5.86. The number of benzene rings is 3. The van der Waals surface area contributed by atoms with E-state index in [1.54, 1.807) is 0 Å². The van der Waals surface area contributed by atoms with Crippen LogP contribution < -0.4 is 35.4 Å². The zero-order valence-electron chi connectivity index (χ0n) is 35.3. The number of thiocarbonyl (C=S) groups is 1. The van der Waals surface area contributed by atoms with E-state index in [1.165, 1.54) is 0 Å². The van der Waals surface area contributed by atoms with Crippen LogP contribution in [0.25, 0.3) is 0 Å². The molecule has 4 aromatic rings. The van der Waals surface area contributed by atoms with Gasteiger partial charge in [-0.05, 0) is 100 Å². The van der Waals surface area contributed by atoms with Crippen LogP contribution in [0, 0.1) is 6.92 Å². The summed E-state index contributed by atoms with van der Waals surface area (Å²) in [6.45, 7) is 17.7. The first-order valence-electron chi connectivity index (χ1n) is 21.2. The number of nitrogens with zero attached hydrogens (tertiary/aromatic N) is 5. The quantitative estimate of drug-likeness (QED) is 0.0754. The van der Waals surface area contributed by atoms with Crippen LogP contribution in [0.5, 0.6) is 11.5 Å². The number of piperazine rings is 1. The number of ether oxygens (including phenoxy) is 2. The lowest BCUT2D eigenvalue weighted by atomic mass is 9.77. The van der Waals surface area contributed by atoms with Crippen LogP contribution in [-0.4, -0.2) is 98.2 Å². The van der Waals surface area contributed by atoms with Crippen molar-refractivity contribution in [1.29, 1.82) is 0 Å². The number of aryl methyl sites for hydroxylation is 1. The number of anilines is 3. The predicted molar refractivity (Wildman–Crippen MR) is 239 cm³/mol. The third-order valence-corrected chi connectivity index (χ3v) is 12.0. The standard InChI is InChI=1S/C46H56N8O5S/c1-6-51(7-2)33-12-15-36-39(27-33)58-40-28-34(52(8-3)9-4)13-16-37(40)46(36)38-26-32(11-14-35(38)44(57)59-46)30-50-45(60)48-21-20-47-42(55)18-19-43(56)54-24-22-53(23-25-54)41-17-10-31(5)29-49-41/h10-17,26-29H,6-9,18-25,30H2,1-5H3,(H,47,55)(H2,48,50,60). The average Bonchev–Trinajstić information content (AvgIpc) is 3.55. The molecule has 1 aromatic heterocycles. The van der Waals surface area contributed by atoms with Gasteiger partial charge in [0.05, 0.1) is 5.56 Å². The van der Waals surface area contributed by atoms with E-state index in [9.17, 15) is 14.4 Å². The zero-order valence-corrected chi connectivity index (χ0v) is 36.1. The molecule has 13 nitrogen and oxygen atoms in total. The monoisotopic (exact) mass is 832 g/mol. The summed E-state index contributed by atoms with van der Waals surface area (Å²) < 4.78 is 13.2. The number of carbonyl (C=O) groups excluding carboxylic acids is 3. The lowest BCUT2D eigenvalue weighted by Crippen LogP contribution is -2.49. The zero-order chi connectivity index (χ0) is 42.4. The van der Waals surface area contributed by atoms with Crippen molar-refractivity contribution in [2.75, 3.05) is 80.1 Å². The summed E-state index contributed by atoms with van der Waals surface area (Å²) in [4.78, 5) is 52.1. The number of hydrogen-bond donors (Lipinski definition) is 3. The average molecular weight is 833 g/mol. The molecule has 3 aliphatic heterocycles. The summed E-state index contributed by atoms with van der Waals surface area (Å²) >= 11 is 5.59. The van der Waals surface area contributed by atoms with E-state index in [1.807, 2.05) is 72.6 Å². The number of nitrogens with one attached hydrogen (secondary N) is 3. The van der Waals surface area contributed by atoms with Gasteiger partial charge in [-0.15, -0.1) is 0 Å². The fourth-order valence-corrected chi connectivity index (χ4v) is 8.52.